The summed E-state index contributed by atoms with van der Waals surface area (Å²) in [5.74, 6) is -1.13. The van der Waals surface area contributed by atoms with Crippen LogP contribution in [-0.2, 0) is 27.4 Å². The van der Waals surface area contributed by atoms with Crippen molar-refractivity contribution in [1.29, 1.82) is 0 Å². The van der Waals surface area contributed by atoms with E-state index in [1.807, 2.05) is 68.4 Å². The van der Waals surface area contributed by atoms with Crippen LogP contribution in [0.5, 0.6) is 0 Å². The third kappa shape index (κ3) is 7.26. The number of para-hydroxylation sites is 2. The summed E-state index contributed by atoms with van der Waals surface area (Å²) in [4.78, 5) is 46.2. The number of aromatic nitrogens is 2. The van der Waals surface area contributed by atoms with E-state index in [1.54, 1.807) is 6.20 Å². The lowest BCUT2D eigenvalue weighted by Crippen LogP contribution is -2.54. The molecule has 1 heterocycles. The van der Waals surface area contributed by atoms with Gasteiger partial charge < -0.3 is 21.1 Å². The minimum absolute atomic E-state index is 0.0752. The van der Waals surface area contributed by atoms with Crippen molar-refractivity contribution in [1.82, 2.24) is 20.6 Å². The highest BCUT2D eigenvalue weighted by Gasteiger charge is 2.27. The summed E-state index contributed by atoms with van der Waals surface area (Å²) in [6.07, 6.45) is 1.26. The molecule has 34 heavy (non-hydrogen) atoms. The maximum atomic E-state index is 13.0. The highest BCUT2D eigenvalue weighted by Crippen LogP contribution is 2.11. The van der Waals surface area contributed by atoms with Crippen molar-refractivity contribution in [3.63, 3.8) is 0 Å². The summed E-state index contributed by atoms with van der Waals surface area (Å²) in [6, 6.07) is 14.6. The molecule has 0 aliphatic heterocycles. The molecule has 4 N–H and O–H groups in total. The Balaban J connectivity index is 1.64. The Morgan fingerprint density at radius 1 is 0.941 bits per heavy atom. The lowest BCUT2D eigenvalue weighted by molar-refractivity contribution is -0.128. The van der Waals surface area contributed by atoms with Gasteiger partial charge in [-0.15, -0.1) is 0 Å². The fourth-order valence-corrected chi connectivity index (χ4v) is 3.41. The number of rotatable bonds is 10. The number of alkyl carbamates (subject to hydrolysis) is 1. The smallest absolute Gasteiger partial charge is 0.408 e. The zero-order chi connectivity index (χ0) is 24.5. The van der Waals surface area contributed by atoms with Gasteiger partial charge in [0, 0.05) is 12.6 Å². The Bertz CT molecular complexity index is 1140. The molecule has 2 aromatic carbocycles. The van der Waals surface area contributed by atoms with Gasteiger partial charge in [0.25, 0.3) is 0 Å². The van der Waals surface area contributed by atoms with E-state index in [4.69, 9.17) is 10.5 Å². The summed E-state index contributed by atoms with van der Waals surface area (Å²) < 4.78 is 5.24. The summed E-state index contributed by atoms with van der Waals surface area (Å²) in [7, 11) is 0. The second-order valence-corrected chi connectivity index (χ2v) is 8.41. The molecular weight excluding hydrogens is 434 g/mol. The number of hydrogen-bond acceptors (Lipinski definition) is 6. The standard InChI is InChI=1S/C25H29N5O4/c1-16(2)12-22(30-25(33)34-15-17-8-4-3-5-9-17)24(32)29-21(23(26)31)13-18-14-27-19-10-6-7-11-20(19)28-18/h3-11,14,16,21-22H,12-13,15H2,1-2H3,(H2,26,31)(H,29,32)(H,30,33)/t21-,22-/m0/s1. The molecule has 178 valence electrons. The van der Waals surface area contributed by atoms with Crippen LogP contribution in [0, 0.1) is 5.92 Å². The first kappa shape index (κ1) is 24.6. The van der Waals surface area contributed by atoms with Crippen LogP contribution in [0.25, 0.3) is 11.0 Å². The molecule has 3 aromatic rings. The molecule has 0 saturated heterocycles. The largest absolute Gasteiger partial charge is 0.445 e. The first-order valence-electron chi connectivity index (χ1n) is 11.1. The normalized spacial score (nSPS) is 12.7. The number of benzene rings is 2. The van der Waals surface area contributed by atoms with E-state index in [1.165, 1.54) is 0 Å². The lowest BCUT2D eigenvalue weighted by atomic mass is 10.0. The molecule has 1 aromatic heterocycles. The van der Waals surface area contributed by atoms with Crippen LogP contribution in [0.4, 0.5) is 4.79 Å². The van der Waals surface area contributed by atoms with Crippen LogP contribution in [0.3, 0.4) is 0 Å². The SMILES string of the molecule is CC(C)C[C@H](NC(=O)OCc1ccccc1)C(=O)N[C@@H](Cc1cnc2ccccc2n1)C(N)=O. The molecule has 0 unspecified atom stereocenters. The minimum Gasteiger partial charge on any atom is -0.445 e. The second-order valence-electron chi connectivity index (χ2n) is 8.41. The maximum absolute atomic E-state index is 13.0. The maximum Gasteiger partial charge on any atom is 0.408 e. The number of fused-ring (bicyclic) bond motifs is 1. The first-order valence-corrected chi connectivity index (χ1v) is 11.1. The lowest BCUT2D eigenvalue weighted by Gasteiger charge is -2.23. The van der Waals surface area contributed by atoms with Crippen LogP contribution >= 0.6 is 0 Å². The number of carbonyl (C=O) groups is 3. The fraction of sp³-hybridized carbons (Fsp3) is 0.320. The molecule has 0 fully saturated rings. The number of primary amides is 1. The molecule has 3 amide bonds. The van der Waals surface area contributed by atoms with Crippen molar-refractivity contribution in [2.75, 3.05) is 0 Å². The number of nitrogens with two attached hydrogens (primary N) is 1. The van der Waals surface area contributed by atoms with Gasteiger partial charge in [-0.3, -0.25) is 14.6 Å². The van der Waals surface area contributed by atoms with Gasteiger partial charge in [-0.1, -0.05) is 56.3 Å². The van der Waals surface area contributed by atoms with Crippen LogP contribution < -0.4 is 16.4 Å². The summed E-state index contributed by atoms with van der Waals surface area (Å²) in [5, 5.41) is 5.24. The molecular formula is C25H29N5O4. The van der Waals surface area contributed by atoms with Crippen molar-refractivity contribution in [2.24, 2.45) is 11.7 Å². The molecule has 9 nitrogen and oxygen atoms in total. The predicted molar refractivity (Wildman–Crippen MR) is 127 cm³/mol. The molecule has 0 saturated carbocycles. The Kier molecular flexibility index (Phi) is 8.50. The van der Waals surface area contributed by atoms with Crippen LogP contribution in [0.1, 0.15) is 31.5 Å². The van der Waals surface area contributed by atoms with Gasteiger partial charge in [0.1, 0.15) is 18.7 Å². The average Bonchev–Trinajstić information content (AvgIpc) is 2.82. The number of hydrogen-bond donors (Lipinski definition) is 3. The summed E-state index contributed by atoms with van der Waals surface area (Å²) in [5.41, 5.74) is 8.28. The van der Waals surface area contributed by atoms with Gasteiger partial charge in [-0.05, 0) is 30.0 Å². The van der Waals surface area contributed by atoms with Crippen molar-refractivity contribution in [3.8, 4) is 0 Å². The van der Waals surface area contributed by atoms with Gasteiger partial charge in [0.05, 0.1) is 16.7 Å². The molecule has 0 spiro atoms. The van der Waals surface area contributed by atoms with E-state index in [-0.39, 0.29) is 18.9 Å². The zero-order valence-corrected chi connectivity index (χ0v) is 19.2. The molecule has 0 aliphatic carbocycles. The van der Waals surface area contributed by atoms with Crippen LogP contribution in [-0.4, -0.2) is 40.0 Å². The number of amides is 3. The fourth-order valence-electron chi connectivity index (χ4n) is 3.41. The molecule has 3 rings (SSSR count). The molecule has 0 aliphatic rings. The second kappa shape index (κ2) is 11.7. The highest BCUT2D eigenvalue weighted by atomic mass is 16.5. The highest BCUT2D eigenvalue weighted by molar-refractivity contribution is 5.90. The zero-order valence-electron chi connectivity index (χ0n) is 19.2. The first-order chi connectivity index (χ1) is 16.3. The van der Waals surface area contributed by atoms with Crippen LogP contribution in [0.2, 0.25) is 0 Å². The van der Waals surface area contributed by atoms with Gasteiger partial charge >= 0.3 is 6.09 Å². The number of ether oxygens (including phenoxy) is 1. The van der Waals surface area contributed by atoms with E-state index in [9.17, 15) is 14.4 Å². The van der Waals surface area contributed by atoms with Crippen LogP contribution in [0.15, 0.2) is 60.8 Å². The quantitative estimate of drug-likeness (QED) is 0.423. The van der Waals surface area contributed by atoms with E-state index < -0.39 is 30.0 Å². The monoisotopic (exact) mass is 463 g/mol. The van der Waals surface area contributed by atoms with E-state index in [0.717, 1.165) is 11.1 Å². The minimum atomic E-state index is -1.01. The summed E-state index contributed by atoms with van der Waals surface area (Å²) >= 11 is 0. The number of carbonyl (C=O) groups excluding carboxylic acids is 3. The third-order valence-electron chi connectivity index (χ3n) is 5.10. The van der Waals surface area contributed by atoms with Gasteiger partial charge in [0.15, 0.2) is 0 Å². The Labute approximate surface area is 198 Å². The number of nitrogens with one attached hydrogen (secondary N) is 2. The topological polar surface area (TPSA) is 136 Å². The number of nitrogens with zero attached hydrogens (tertiary/aromatic N) is 2. The van der Waals surface area contributed by atoms with Crippen molar-refractivity contribution in [3.05, 3.63) is 72.1 Å². The molecule has 9 heteroatoms. The Hall–Kier alpha value is -4.01. The van der Waals surface area contributed by atoms with Crippen molar-refractivity contribution < 1.29 is 19.1 Å². The molecule has 0 bridgehead atoms. The third-order valence-corrected chi connectivity index (χ3v) is 5.10. The summed E-state index contributed by atoms with van der Waals surface area (Å²) in [6.45, 7) is 3.92. The molecule has 2 atom stereocenters. The van der Waals surface area contributed by atoms with Gasteiger partial charge in [-0.2, -0.15) is 0 Å². The van der Waals surface area contributed by atoms with Crippen molar-refractivity contribution in [2.45, 2.75) is 45.4 Å². The van der Waals surface area contributed by atoms with E-state index >= 15 is 0 Å². The van der Waals surface area contributed by atoms with Gasteiger partial charge in [0.2, 0.25) is 11.8 Å². The van der Waals surface area contributed by atoms with Crippen molar-refractivity contribution >= 4 is 28.9 Å². The van der Waals surface area contributed by atoms with Gasteiger partial charge in [-0.25, -0.2) is 9.78 Å². The Morgan fingerprint density at radius 2 is 1.62 bits per heavy atom. The average molecular weight is 464 g/mol. The Morgan fingerprint density at radius 3 is 2.29 bits per heavy atom. The molecule has 0 radical (unpaired) electrons. The predicted octanol–water partition coefficient (Wildman–Crippen LogP) is 2.48. The van der Waals surface area contributed by atoms with E-state index in [2.05, 4.69) is 20.6 Å². The van der Waals surface area contributed by atoms with E-state index in [0.29, 0.717) is 17.6 Å².